The number of hydrogen-bond acceptors (Lipinski definition) is 4. The highest BCUT2D eigenvalue weighted by Crippen LogP contribution is 2.17. The van der Waals surface area contributed by atoms with Gasteiger partial charge in [0.2, 0.25) is 0 Å². The van der Waals surface area contributed by atoms with Crippen molar-refractivity contribution in [3.8, 4) is 0 Å². The maximum atomic E-state index is 12.1. The Labute approximate surface area is 117 Å². The summed E-state index contributed by atoms with van der Waals surface area (Å²) < 4.78 is 33.1. The zero-order valence-corrected chi connectivity index (χ0v) is 12.8. The first-order valence-electron chi connectivity index (χ1n) is 7.04. The highest BCUT2D eigenvalue weighted by Gasteiger charge is 2.28. The van der Waals surface area contributed by atoms with Crippen molar-refractivity contribution in [2.24, 2.45) is 5.92 Å². The molecule has 0 radical (unpaired) electrons. The Bertz CT molecular complexity index is 335. The summed E-state index contributed by atoms with van der Waals surface area (Å²) in [4.78, 5) is 0. The molecule has 6 nitrogen and oxygen atoms in total. The van der Waals surface area contributed by atoms with E-state index in [-0.39, 0.29) is 0 Å². The van der Waals surface area contributed by atoms with Crippen LogP contribution in [0.2, 0.25) is 0 Å². The molecule has 0 bridgehead atoms. The standard InChI is InChI=1S/C12H27N3O3S/c1-3-6-13-10-12-5-4-8-15(11-12)19(16,17)14-7-9-18-2/h12-14H,3-11H2,1-2H3. The van der Waals surface area contributed by atoms with E-state index in [0.717, 1.165) is 32.4 Å². The third-order valence-corrected chi connectivity index (χ3v) is 4.85. The molecular formula is C12H27N3O3S. The molecule has 0 saturated carbocycles. The summed E-state index contributed by atoms with van der Waals surface area (Å²) in [5.41, 5.74) is 0. The quantitative estimate of drug-likeness (QED) is 0.595. The van der Waals surface area contributed by atoms with E-state index in [1.807, 2.05) is 0 Å². The van der Waals surface area contributed by atoms with Crippen molar-refractivity contribution in [3.63, 3.8) is 0 Å². The summed E-state index contributed by atoms with van der Waals surface area (Å²) in [5.74, 6) is 0.416. The Morgan fingerprint density at radius 1 is 1.37 bits per heavy atom. The first-order valence-corrected chi connectivity index (χ1v) is 8.48. The molecule has 1 saturated heterocycles. The molecule has 7 heteroatoms. The summed E-state index contributed by atoms with van der Waals surface area (Å²) >= 11 is 0. The van der Waals surface area contributed by atoms with Gasteiger partial charge in [0.25, 0.3) is 10.2 Å². The fourth-order valence-electron chi connectivity index (χ4n) is 2.26. The summed E-state index contributed by atoms with van der Waals surface area (Å²) in [6.07, 6.45) is 3.14. The van der Waals surface area contributed by atoms with Crippen molar-refractivity contribution in [3.05, 3.63) is 0 Å². The lowest BCUT2D eigenvalue weighted by Gasteiger charge is -2.32. The Kier molecular flexibility index (Phi) is 7.86. The molecule has 1 heterocycles. The van der Waals surface area contributed by atoms with Crippen molar-refractivity contribution in [2.75, 3.05) is 46.4 Å². The molecule has 0 amide bonds. The lowest BCUT2D eigenvalue weighted by atomic mass is 10.00. The van der Waals surface area contributed by atoms with Gasteiger partial charge in [-0.1, -0.05) is 6.92 Å². The van der Waals surface area contributed by atoms with Crippen LogP contribution in [0.4, 0.5) is 0 Å². The topological polar surface area (TPSA) is 70.7 Å². The lowest BCUT2D eigenvalue weighted by Crippen LogP contribution is -2.48. The van der Waals surface area contributed by atoms with Crippen LogP contribution in [0, 0.1) is 5.92 Å². The van der Waals surface area contributed by atoms with Gasteiger partial charge in [0.15, 0.2) is 0 Å². The van der Waals surface area contributed by atoms with Crippen LogP contribution < -0.4 is 10.0 Å². The lowest BCUT2D eigenvalue weighted by molar-refractivity contribution is 0.202. The first-order chi connectivity index (χ1) is 9.10. The van der Waals surface area contributed by atoms with Crippen molar-refractivity contribution >= 4 is 10.2 Å². The van der Waals surface area contributed by atoms with E-state index in [2.05, 4.69) is 17.0 Å². The summed E-state index contributed by atoms with van der Waals surface area (Å²) in [6.45, 7) is 5.98. The first kappa shape index (κ1) is 16.8. The predicted octanol–water partition coefficient (Wildman–Crippen LogP) is 0.179. The van der Waals surface area contributed by atoms with Gasteiger partial charge >= 0.3 is 0 Å². The number of hydrogen-bond donors (Lipinski definition) is 2. The van der Waals surface area contributed by atoms with Crippen LogP contribution in [-0.4, -0.2) is 59.2 Å². The SMILES string of the molecule is CCCNCC1CCCN(S(=O)(=O)NCCOC)C1. The number of piperidine rings is 1. The van der Waals surface area contributed by atoms with E-state index in [9.17, 15) is 8.42 Å². The van der Waals surface area contributed by atoms with Gasteiger partial charge in [0, 0.05) is 26.7 Å². The molecule has 1 unspecified atom stereocenters. The van der Waals surface area contributed by atoms with E-state index >= 15 is 0 Å². The number of rotatable bonds is 9. The molecule has 0 aliphatic carbocycles. The predicted molar refractivity (Wildman–Crippen MR) is 76.3 cm³/mol. The van der Waals surface area contributed by atoms with E-state index in [1.165, 1.54) is 0 Å². The zero-order chi connectivity index (χ0) is 14.1. The fourth-order valence-corrected chi connectivity index (χ4v) is 3.56. The average Bonchev–Trinajstić information content (AvgIpc) is 2.40. The van der Waals surface area contributed by atoms with Crippen molar-refractivity contribution < 1.29 is 13.2 Å². The Morgan fingerprint density at radius 3 is 2.84 bits per heavy atom. The molecule has 2 N–H and O–H groups in total. The van der Waals surface area contributed by atoms with Gasteiger partial charge in [0.05, 0.1) is 6.61 Å². The molecular weight excluding hydrogens is 266 g/mol. The van der Waals surface area contributed by atoms with E-state index in [0.29, 0.717) is 32.2 Å². The van der Waals surface area contributed by atoms with Gasteiger partial charge in [-0.25, -0.2) is 0 Å². The van der Waals surface area contributed by atoms with Crippen molar-refractivity contribution in [1.29, 1.82) is 0 Å². The molecule has 0 aromatic rings. The van der Waals surface area contributed by atoms with Crippen LogP contribution in [-0.2, 0) is 14.9 Å². The van der Waals surface area contributed by atoms with E-state index in [1.54, 1.807) is 11.4 Å². The molecule has 1 aliphatic rings. The second-order valence-electron chi connectivity index (χ2n) is 4.96. The van der Waals surface area contributed by atoms with E-state index < -0.39 is 10.2 Å². The van der Waals surface area contributed by atoms with Gasteiger partial charge in [-0.15, -0.1) is 0 Å². The van der Waals surface area contributed by atoms with Crippen LogP contribution in [0.5, 0.6) is 0 Å². The summed E-state index contributed by atoms with van der Waals surface area (Å²) in [6, 6.07) is 0. The molecule has 19 heavy (non-hydrogen) atoms. The summed E-state index contributed by atoms with van der Waals surface area (Å²) in [5, 5.41) is 3.37. The minimum atomic E-state index is -3.34. The highest BCUT2D eigenvalue weighted by molar-refractivity contribution is 7.87. The molecule has 0 spiro atoms. The van der Waals surface area contributed by atoms with Crippen LogP contribution in [0.1, 0.15) is 26.2 Å². The second kappa shape index (κ2) is 8.86. The fraction of sp³-hybridized carbons (Fsp3) is 1.00. The van der Waals surface area contributed by atoms with Crippen LogP contribution >= 0.6 is 0 Å². The highest BCUT2D eigenvalue weighted by atomic mass is 32.2. The largest absolute Gasteiger partial charge is 0.383 e. The minimum absolute atomic E-state index is 0.327. The van der Waals surface area contributed by atoms with Crippen LogP contribution in [0.15, 0.2) is 0 Å². The third kappa shape index (κ3) is 6.18. The summed E-state index contributed by atoms with van der Waals surface area (Å²) in [7, 11) is -1.78. The van der Waals surface area contributed by atoms with Gasteiger partial charge in [-0.3, -0.25) is 0 Å². The number of nitrogens with one attached hydrogen (secondary N) is 2. The van der Waals surface area contributed by atoms with Gasteiger partial charge in [-0.2, -0.15) is 17.4 Å². The van der Waals surface area contributed by atoms with Crippen molar-refractivity contribution in [2.45, 2.75) is 26.2 Å². The van der Waals surface area contributed by atoms with Gasteiger partial charge in [0.1, 0.15) is 0 Å². The maximum Gasteiger partial charge on any atom is 0.279 e. The minimum Gasteiger partial charge on any atom is -0.383 e. The third-order valence-electron chi connectivity index (χ3n) is 3.27. The smallest absolute Gasteiger partial charge is 0.279 e. The normalized spacial score (nSPS) is 21.7. The van der Waals surface area contributed by atoms with E-state index in [4.69, 9.17) is 4.74 Å². The van der Waals surface area contributed by atoms with Gasteiger partial charge < -0.3 is 10.1 Å². The van der Waals surface area contributed by atoms with Crippen LogP contribution in [0.25, 0.3) is 0 Å². The number of methoxy groups -OCH3 is 1. The number of nitrogens with zero attached hydrogens (tertiary/aromatic N) is 1. The molecule has 1 fully saturated rings. The molecule has 114 valence electrons. The second-order valence-corrected chi connectivity index (χ2v) is 6.72. The number of ether oxygens (including phenoxy) is 1. The maximum absolute atomic E-state index is 12.1. The van der Waals surface area contributed by atoms with Gasteiger partial charge in [-0.05, 0) is 38.3 Å². The average molecular weight is 293 g/mol. The molecule has 1 rings (SSSR count). The monoisotopic (exact) mass is 293 g/mol. The Balaban J connectivity index is 2.39. The molecule has 1 aliphatic heterocycles. The molecule has 0 aromatic carbocycles. The molecule has 1 atom stereocenters. The van der Waals surface area contributed by atoms with Crippen LogP contribution in [0.3, 0.4) is 0 Å². The molecule has 0 aromatic heterocycles. The zero-order valence-electron chi connectivity index (χ0n) is 12.0. The van der Waals surface area contributed by atoms with Crippen molar-refractivity contribution in [1.82, 2.24) is 14.3 Å². The Hall–Kier alpha value is -0.210. The Morgan fingerprint density at radius 2 is 2.16 bits per heavy atom.